The fraction of sp³-hybridized carbons (Fsp3) is 0.214. The highest BCUT2D eigenvalue weighted by molar-refractivity contribution is 6.36. The number of para-hydroxylation sites is 1. The molecule has 34 heavy (non-hydrogen) atoms. The third-order valence-corrected chi connectivity index (χ3v) is 6.26. The molecular formula is C28H25FN2O3. The van der Waals surface area contributed by atoms with Gasteiger partial charge in [-0.1, -0.05) is 48.5 Å². The maximum Gasteiger partial charge on any atom is 0.278 e. The van der Waals surface area contributed by atoms with Crippen LogP contribution in [-0.4, -0.2) is 29.9 Å². The number of amides is 2. The molecule has 5 nitrogen and oxygen atoms in total. The van der Waals surface area contributed by atoms with Crippen molar-refractivity contribution in [1.82, 2.24) is 4.90 Å². The van der Waals surface area contributed by atoms with Crippen LogP contribution in [0.15, 0.2) is 78.5 Å². The summed E-state index contributed by atoms with van der Waals surface area (Å²) in [6, 6.07) is 21.4. The summed E-state index contributed by atoms with van der Waals surface area (Å²) in [5.74, 6) is -0.580. The smallest absolute Gasteiger partial charge is 0.278 e. The number of anilines is 1. The number of benzene rings is 3. The van der Waals surface area contributed by atoms with E-state index >= 15 is 0 Å². The van der Waals surface area contributed by atoms with Gasteiger partial charge in [0.25, 0.3) is 11.8 Å². The van der Waals surface area contributed by atoms with E-state index in [-0.39, 0.29) is 6.54 Å². The Bertz CT molecular complexity index is 1280. The zero-order valence-corrected chi connectivity index (χ0v) is 19.0. The van der Waals surface area contributed by atoms with Gasteiger partial charge in [0, 0.05) is 17.8 Å². The first kappa shape index (κ1) is 21.9. The molecule has 2 amide bonds. The highest BCUT2D eigenvalue weighted by Gasteiger charge is 2.43. The van der Waals surface area contributed by atoms with Crippen LogP contribution >= 0.6 is 0 Å². The Morgan fingerprint density at radius 2 is 1.65 bits per heavy atom. The van der Waals surface area contributed by atoms with Crippen molar-refractivity contribution in [2.24, 2.45) is 0 Å². The molecule has 2 aliphatic heterocycles. The van der Waals surface area contributed by atoms with E-state index in [4.69, 9.17) is 4.74 Å². The van der Waals surface area contributed by atoms with Crippen LogP contribution in [-0.2, 0) is 22.6 Å². The molecule has 5 rings (SSSR count). The summed E-state index contributed by atoms with van der Waals surface area (Å²) in [7, 11) is 0. The number of ether oxygens (including phenoxy) is 1. The minimum Gasteiger partial charge on any atom is -0.494 e. The van der Waals surface area contributed by atoms with Gasteiger partial charge < -0.3 is 9.64 Å². The molecule has 0 unspecified atom stereocenters. The molecule has 0 aliphatic carbocycles. The maximum absolute atomic E-state index is 14.4. The second-order valence-electron chi connectivity index (χ2n) is 8.35. The molecule has 0 fully saturated rings. The SMILES string of the molecule is CCOc1ccc(C2=C(N3CCCc4ccccc43)C(=O)N(Cc3ccccc3F)C2=O)cc1. The van der Waals surface area contributed by atoms with Gasteiger partial charge in [-0.3, -0.25) is 14.5 Å². The minimum atomic E-state index is -0.442. The van der Waals surface area contributed by atoms with Gasteiger partial charge >= 0.3 is 0 Å². The van der Waals surface area contributed by atoms with Crippen molar-refractivity contribution >= 4 is 23.1 Å². The average molecular weight is 457 g/mol. The van der Waals surface area contributed by atoms with Crippen LogP contribution in [0.2, 0.25) is 0 Å². The van der Waals surface area contributed by atoms with Gasteiger partial charge in [-0.05, 0) is 55.2 Å². The first-order valence-electron chi connectivity index (χ1n) is 11.5. The summed E-state index contributed by atoms with van der Waals surface area (Å²) in [6.07, 6.45) is 1.78. The lowest BCUT2D eigenvalue weighted by Gasteiger charge is -2.32. The Hall–Kier alpha value is -3.93. The summed E-state index contributed by atoms with van der Waals surface area (Å²) < 4.78 is 19.9. The minimum absolute atomic E-state index is 0.121. The second-order valence-corrected chi connectivity index (χ2v) is 8.35. The number of halogens is 1. The Labute approximate surface area is 198 Å². The number of nitrogens with zero attached hydrogens (tertiary/aromatic N) is 2. The zero-order valence-electron chi connectivity index (χ0n) is 19.0. The van der Waals surface area contributed by atoms with Crippen molar-refractivity contribution in [3.8, 4) is 5.75 Å². The lowest BCUT2D eigenvalue weighted by molar-refractivity contribution is -0.137. The van der Waals surface area contributed by atoms with E-state index in [9.17, 15) is 14.0 Å². The van der Waals surface area contributed by atoms with Gasteiger partial charge in [-0.25, -0.2) is 4.39 Å². The fourth-order valence-corrected chi connectivity index (χ4v) is 4.66. The highest BCUT2D eigenvalue weighted by Crippen LogP contribution is 2.38. The molecule has 2 heterocycles. The first-order valence-corrected chi connectivity index (χ1v) is 11.5. The van der Waals surface area contributed by atoms with Crippen LogP contribution < -0.4 is 9.64 Å². The van der Waals surface area contributed by atoms with Gasteiger partial charge in [0.05, 0.1) is 18.7 Å². The predicted octanol–water partition coefficient (Wildman–Crippen LogP) is 4.96. The predicted molar refractivity (Wildman–Crippen MR) is 129 cm³/mol. The van der Waals surface area contributed by atoms with Crippen LogP contribution in [0, 0.1) is 5.82 Å². The molecule has 0 spiro atoms. The monoisotopic (exact) mass is 456 g/mol. The molecule has 0 bridgehead atoms. The van der Waals surface area contributed by atoms with Crippen molar-refractivity contribution in [3.63, 3.8) is 0 Å². The summed E-state index contributed by atoms with van der Waals surface area (Å²) in [5.41, 5.74) is 3.69. The molecule has 6 heteroatoms. The van der Waals surface area contributed by atoms with Crippen molar-refractivity contribution in [3.05, 3.63) is 101 Å². The Balaban J connectivity index is 1.61. The Morgan fingerprint density at radius 3 is 2.41 bits per heavy atom. The number of hydrogen-bond donors (Lipinski definition) is 0. The van der Waals surface area contributed by atoms with Crippen molar-refractivity contribution in [2.45, 2.75) is 26.3 Å². The third kappa shape index (κ3) is 3.85. The van der Waals surface area contributed by atoms with Gasteiger partial charge in [0.15, 0.2) is 0 Å². The summed E-state index contributed by atoms with van der Waals surface area (Å²) in [5, 5.41) is 0. The van der Waals surface area contributed by atoms with Crippen LogP contribution in [0.3, 0.4) is 0 Å². The van der Waals surface area contributed by atoms with Crippen LogP contribution in [0.5, 0.6) is 5.75 Å². The molecule has 3 aromatic rings. The molecule has 2 aliphatic rings. The van der Waals surface area contributed by atoms with E-state index in [2.05, 4.69) is 6.07 Å². The topological polar surface area (TPSA) is 49.9 Å². The Kier molecular flexibility index (Phi) is 5.88. The van der Waals surface area contributed by atoms with E-state index in [1.54, 1.807) is 42.5 Å². The lowest BCUT2D eigenvalue weighted by Crippen LogP contribution is -2.37. The Morgan fingerprint density at radius 1 is 0.912 bits per heavy atom. The number of carbonyl (C=O) groups excluding carboxylic acids is 2. The van der Waals surface area contributed by atoms with Crippen molar-refractivity contribution < 1.29 is 18.7 Å². The molecule has 0 saturated heterocycles. The lowest BCUT2D eigenvalue weighted by atomic mass is 9.98. The average Bonchev–Trinajstić information content (AvgIpc) is 3.10. The number of aryl methyl sites for hydroxylation is 1. The fourth-order valence-electron chi connectivity index (χ4n) is 4.66. The zero-order chi connectivity index (χ0) is 23.7. The molecule has 0 saturated carbocycles. The van der Waals surface area contributed by atoms with E-state index in [1.165, 1.54) is 6.07 Å². The molecule has 0 N–H and O–H groups in total. The molecule has 172 valence electrons. The molecule has 0 atom stereocenters. The maximum atomic E-state index is 14.4. The quantitative estimate of drug-likeness (QED) is 0.492. The summed E-state index contributed by atoms with van der Waals surface area (Å²) >= 11 is 0. The van der Waals surface area contributed by atoms with E-state index in [0.717, 1.165) is 29.0 Å². The molecule has 0 radical (unpaired) electrons. The number of hydrogen-bond acceptors (Lipinski definition) is 4. The highest BCUT2D eigenvalue weighted by atomic mass is 19.1. The molecular weight excluding hydrogens is 431 g/mol. The summed E-state index contributed by atoms with van der Waals surface area (Å²) in [4.78, 5) is 30.5. The van der Waals surface area contributed by atoms with Gasteiger partial charge in [0.2, 0.25) is 0 Å². The van der Waals surface area contributed by atoms with E-state index < -0.39 is 17.6 Å². The van der Waals surface area contributed by atoms with Crippen LogP contribution in [0.25, 0.3) is 5.57 Å². The van der Waals surface area contributed by atoms with Gasteiger partial charge in [-0.2, -0.15) is 0 Å². The van der Waals surface area contributed by atoms with Crippen molar-refractivity contribution in [1.29, 1.82) is 0 Å². The number of imide groups is 1. The van der Waals surface area contributed by atoms with Crippen LogP contribution in [0.4, 0.5) is 10.1 Å². The standard InChI is InChI=1S/C28H25FN2O3/c1-2-34-22-15-13-20(14-16-22)25-26(30-17-7-10-19-8-4-6-12-24(19)30)28(33)31(27(25)32)18-21-9-3-5-11-23(21)29/h3-6,8-9,11-16H,2,7,10,17-18H2,1H3. The van der Waals surface area contributed by atoms with E-state index in [0.29, 0.717) is 41.3 Å². The van der Waals surface area contributed by atoms with Crippen molar-refractivity contribution in [2.75, 3.05) is 18.1 Å². The molecule has 0 aromatic heterocycles. The number of carbonyl (C=O) groups is 2. The largest absolute Gasteiger partial charge is 0.494 e. The normalized spacial score (nSPS) is 15.7. The van der Waals surface area contributed by atoms with E-state index in [1.807, 2.05) is 30.0 Å². The second kappa shape index (κ2) is 9.14. The number of fused-ring (bicyclic) bond motifs is 1. The first-order chi connectivity index (χ1) is 16.6. The van der Waals surface area contributed by atoms with Gasteiger partial charge in [-0.15, -0.1) is 0 Å². The van der Waals surface area contributed by atoms with Gasteiger partial charge in [0.1, 0.15) is 17.3 Å². The van der Waals surface area contributed by atoms with Crippen LogP contribution in [0.1, 0.15) is 30.0 Å². The number of rotatable bonds is 6. The third-order valence-electron chi connectivity index (χ3n) is 6.26. The summed E-state index contributed by atoms with van der Waals surface area (Å²) in [6.45, 7) is 2.94. The molecule has 3 aromatic carbocycles.